The summed E-state index contributed by atoms with van der Waals surface area (Å²) in [5, 5.41) is 7.93. The van der Waals surface area contributed by atoms with Crippen LogP contribution in [0.2, 0.25) is 25.7 Å². The first-order valence-corrected chi connectivity index (χ1v) is 21.0. The van der Waals surface area contributed by atoms with Gasteiger partial charge in [-0.1, -0.05) is 31.8 Å². The number of hydrogen-bond donors (Lipinski definition) is 1. The molecule has 0 saturated carbocycles. The fourth-order valence-electron chi connectivity index (χ4n) is 6.89. The predicted octanol–water partition coefficient (Wildman–Crippen LogP) is 4.36. The van der Waals surface area contributed by atoms with Crippen LogP contribution in [0, 0.1) is 5.41 Å². The summed E-state index contributed by atoms with van der Waals surface area (Å²) < 4.78 is 43.0. The van der Waals surface area contributed by atoms with Crippen LogP contribution in [0.25, 0.3) is 11.1 Å². The molecule has 1 aliphatic carbocycles. The second-order valence-corrected chi connectivity index (χ2v) is 21.5. The maximum atomic E-state index is 13.9. The molecule has 2 saturated heterocycles. The van der Waals surface area contributed by atoms with Crippen molar-refractivity contribution in [2.45, 2.75) is 69.7 Å². The molecule has 6 heterocycles. The van der Waals surface area contributed by atoms with Gasteiger partial charge in [0.15, 0.2) is 0 Å². The van der Waals surface area contributed by atoms with Crippen LogP contribution in [0.4, 0.5) is 11.6 Å². The van der Waals surface area contributed by atoms with Gasteiger partial charge in [-0.15, -0.1) is 5.10 Å². The largest absolute Gasteiger partial charge is 0.478 e. The van der Waals surface area contributed by atoms with Crippen molar-refractivity contribution in [2.24, 2.45) is 5.41 Å². The van der Waals surface area contributed by atoms with Crippen molar-refractivity contribution < 1.29 is 17.9 Å². The van der Waals surface area contributed by atoms with Gasteiger partial charge in [0, 0.05) is 64.1 Å². The summed E-state index contributed by atoms with van der Waals surface area (Å²) in [6, 6.07) is 9.30. The molecule has 1 N–H and O–H groups in total. The third-order valence-corrected chi connectivity index (χ3v) is 12.7. The number of sulfonamides is 1. The van der Waals surface area contributed by atoms with Crippen molar-refractivity contribution in [1.29, 1.82) is 0 Å². The van der Waals surface area contributed by atoms with Gasteiger partial charge >= 0.3 is 0 Å². The topological polar surface area (TPSA) is 115 Å². The van der Waals surface area contributed by atoms with E-state index >= 15 is 0 Å². The van der Waals surface area contributed by atoms with E-state index in [9.17, 15) is 8.42 Å². The lowest BCUT2D eigenvalue weighted by Crippen LogP contribution is -2.59. The highest BCUT2D eigenvalue weighted by molar-refractivity contribution is 7.89. The van der Waals surface area contributed by atoms with Crippen molar-refractivity contribution in [3.63, 3.8) is 0 Å². The number of anilines is 2. The van der Waals surface area contributed by atoms with Crippen LogP contribution in [-0.4, -0.2) is 91.4 Å². The van der Waals surface area contributed by atoms with E-state index in [0.717, 1.165) is 74.6 Å². The van der Waals surface area contributed by atoms with Gasteiger partial charge in [-0.2, -0.15) is 9.29 Å². The molecule has 1 unspecified atom stereocenters. The van der Waals surface area contributed by atoms with E-state index in [1.807, 2.05) is 12.1 Å². The Kier molecular flexibility index (Phi) is 7.80. The quantitative estimate of drug-likeness (QED) is 0.322. The number of nitrogens with one attached hydrogen (secondary N) is 1. The van der Waals surface area contributed by atoms with Crippen LogP contribution in [0.15, 0.2) is 35.6 Å². The zero-order valence-corrected chi connectivity index (χ0v) is 27.8. The van der Waals surface area contributed by atoms with Gasteiger partial charge in [-0.3, -0.25) is 0 Å². The Morgan fingerprint density at radius 2 is 1.95 bits per heavy atom. The van der Waals surface area contributed by atoms with E-state index in [4.69, 9.17) is 9.47 Å². The van der Waals surface area contributed by atoms with Crippen LogP contribution < -0.4 is 10.1 Å². The Balaban J connectivity index is 1.28. The molecule has 2 aromatic heterocycles. The summed E-state index contributed by atoms with van der Waals surface area (Å²) in [6.45, 7) is 12.0. The minimum Gasteiger partial charge on any atom is -0.478 e. The zero-order chi connectivity index (χ0) is 30.5. The molecule has 1 spiro atoms. The number of nitrogens with zero attached hydrogens (tertiary/aromatic N) is 6. The third-order valence-electron chi connectivity index (χ3n) is 9.41. The van der Waals surface area contributed by atoms with Crippen LogP contribution in [0.1, 0.15) is 30.4 Å². The van der Waals surface area contributed by atoms with Gasteiger partial charge in [0.2, 0.25) is 11.8 Å². The first kappa shape index (κ1) is 29.8. The molecular formula is C31H43N7O4SSi. The van der Waals surface area contributed by atoms with Crippen molar-refractivity contribution in [2.75, 3.05) is 51.3 Å². The van der Waals surface area contributed by atoms with E-state index < -0.39 is 18.1 Å². The molecule has 236 valence electrons. The fraction of sp³-hybridized carbons (Fsp3) is 0.581. The second-order valence-electron chi connectivity index (χ2n) is 14.1. The summed E-state index contributed by atoms with van der Waals surface area (Å²) in [6.07, 6.45) is 6.67. The molecular weight excluding hydrogens is 595 g/mol. The van der Waals surface area contributed by atoms with Crippen LogP contribution >= 0.6 is 0 Å². The first-order valence-electron chi connectivity index (χ1n) is 15.8. The molecule has 5 aliphatic rings. The molecule has 0 radical (unpaired) electrons. The highest BCUT2D eigenvalue weighted by Crippen LogP contribution is 2.43. The number of aryl methyl sites for hydroxylation is 1. The molecule has 4 aliphatic heterocycles. The maximum absolute atomic E-state index is 13.9. The van der Waals surface area contributed by atoms with Gasteiger partial charge in [0.1, 0.15) is 6.73 Å². The summed E-state index contributed by atoms with van der Waals surface area (Å²) in [7, 11) is -5.16. The Morgan fingerprint density at radius 1 is 1.09 bits per heavy atom. The number of hydrogen-bond acceptors (Lipinski definition) is 9. The van der Waals surface area contributed by atoms with Crippen LogP contribution in [0.3, 0.4) is 0 Å². The highest BCUT2D eigenvalue weighted by atomic mass is 32.2. The summed E-state index contributed by atoms with van der Waals surface area (Å²) in [4.78, 5) is 11.6. The lowest BCUT2D eigenvalue weighted by atomic mass is 9.81. The van der Waals surface area contributed by atoms with Crippen molar-refractivity contribution in [1.82, 2.24) is 29.0 Å². The number of rotatable bonds is 5. The van der Waals surface area contributed by atoms with E-state index in [0.29, 0.717) is 38.1 Å². The van der Waals surface area contributed by atoms with E-state index in [2.05, 4.69) is 57.1 Å². The predicted molar refractivity (Wildman–Crippen MR) is 171 cm³/mol. The summed E-state index contributed by atoms with van der Waals surface area (Å²) in [5.41, 5.74) is 5.40. The second kappa shape index (κ2) is 11.5. The average molecular weight is 638 g/mol. The highest BCUT2D eigenvalue weighted by Gasteiger charge is 2.52. The molecule has 7 bridgehead atoms. The zero-order valence-electron chi connectivity index (χ0n) is 26.0. The fourth-order valence-corrected chi connectivity index (χ4v) is 9.17. The molecule has 8 rings (SSSR count). The lowest BCUT2D eigenvalue weighted by molar-refractivity contribution is 0.0748. The molecule has 13 heteroatoms. The van der Waals surface area contributed by atoms with Crippen molar-refractivity contribution >= 4 is 29.7 Å². The monoisotopic (exact) mass is 637 g/mol. The number of ether oxygens (including phenoxy) is 2. The van der Waals surface area contributed by atoms with Gasteiger partial charge in [0.05, 0.1) is 12.3 Å². The molecule has 1 aromatic carbocycles. The standard InChI is InChI=1S/C31H43N7O4SSi/c1-44(2,3)17-16-41-22-38-29-33-28-25-7-4-6-23(25)8-9-26(28)24-10-12-32-27(18-24)42-15-5-13-36-14-11-31(19-36)20-37(21-31)43(39,40)30(34-29)35-38/h8-10,12,18H,4-7,11,13-17,19-22H2,1-3H3,(H,33,34,35). The lowest BCUT2D eigenvalue weighted by Gasteiger charge is -2.46. The maximum Gasteiger partial charge on any atom is 0.284 e. The van der Waals surface area contributed by atoms with E-state index in [-0.39, 0.29) is 17.3 Å². The normalized spacial score (nSPS) is 25.8. The van der Waals surface area contributed by atoms with Gasteiger partial charge in [0.25, 0.3) is 15.2 Å². The number of aromatic nitrogens is 4. The molecule has 44 heavy (non-hydrogen) atoms. The Labute approximate surface area is 261 Å². The number of fused-ring (bicyclic) bond motifs is 4. The Bertz CT molecular complexity index is 1650. The van der Waals surface area contributed by atoms with Crippen LogP contribution in [0.5, 0.6) is 5.88 Å². The van der Waals surface area contributed by atoms with Crippen LogP contribution in [-0.2, 0) is 34.3 Å². The van der Waals surface area contributed by atoms with E-state index in [1.165, 1.54) is 11.1 Å². The van der Waals surface area contributed by atoms with Crippen molar-refractivity contribution in [3.8, 4) is 17.0 Å². The number of benzene rings is 1. The summed E-state index contributed by atoms with van der Waals surface area (Å²) in [5.74, 6) is 0.968. The molecule has 3 aromatic rings. The minimum atomic E-state index is -3.86. The van der Waals surface area contributed by atoms with Gasteiger partial charge in [-0.25, -0.2) is 18.1 Å². The minimum absolute atomic E-state index is 0.00414. The first-order chi connectivity index (χ1) is 21.1. The molecule has 2 fully saturated rings. The SMILES string of the molecule is C[Si](C)(C)CCOCn1nc2nc1Nc1c(ccc3c1CCC3)-c1ccnc(c1)OCCCN1CCC3(C1)CN(C3)S2(=O)=O. The third kappa shape index (κ3) is 5.92. The Hall–Kier alpha value is -2.84. The molecule has 1 atom stereocenters. The number of pyridine rings is 1. The van der Waals surface area contributed by atoms with Gasteiger partial charge in [-0.05, 0) is 67.4 Å². The Morgan fingerprint density at radius 3 is 2.80 bits per heavy atom. The average Bonchev–Trinajstić information content (AvgIpc) is 3.71. The van der Waals surface area contributed by atoms with E-state index in [1.54, 1.807) is 15.2 Å². The van der Waals surface area contributed by atoms with Crippen molar-refractivity contribution in [3.05, 3.63) is 41.6 Å². The molecule has 11 nitrogen and oxygen atoms in total. The van der Waals surface area contributed by atoms with Gasteiger partial charge < -0.3 is 19.7 Å². The molecule has 0 amide bonds. The smallest absolute Gasteiger partial charge is 0.284 e. The summed E-state index contributed by atoms with van der Waals surface area (Å²) >= 11 is 0.